The standard InChI is InChI=1S/C22H16ClNO5/c1-27-14-6-8-15(9-7-14)28-12-20(25)24-13-5-10-16-19(11-13)29-22-17(21(16)26)3-2-4-18(22)23/h2-11H,12H2,1H3,(H,24,25). The molecular weight excluding hydrogens is 394 g/mol. The summed E-state index contributed by atoms with van der Waals surface area (Å²) in [6.45, 7) is -0.169. The van der Waals surface area contributed by atoms with Gasteiger partial charge >= 0.3 is 0 Å². The summed E-state index contributed by atoms with van der Waals surface area (Å²) in [6, 6.07) is 16.8. The quantitative estimate of drug-likeness (QED) is 0.486. The number of rotatable bonds is 5. The number of amides is 1. The fourth-order valence-corrected chi connectivity index (χ4v) is 3.15. The highest BCUT2D eigenvalue weighted by atomic mass is 35.5. The van der Waals surface area contributed by atoms with Gasteiger partial charge in [-0.15, -0.1) is 0 Å². The number of carbonyl (C=O) groups excluding carboxylic acids is 1. The number of halogens is 1. The maximum Gasteiger partial charge on any atom is 0.262 e. The lowest BCUT2D eigenvalue weighted by molar-refractivity contribution is -0.118. The summed E-state index contributed by atoms with van der Waals surface area (Å²) in [6.07, 6.45) is 0. The molecule has 29 heavy (non-hydrogen) atoms. The van der Waals surface area contributed by atoms with E-state index in [1.54, 1.807) is 67.8 Å². The second kappa shape index (κ2) is 7.85. The van der Waals surface area contributed by atoms with E-state index in [-0.39, 0.29) is 17.9 Å². The molecule has 0 saturated carbocycles. The van der Waals surface area contributed by atoms with Crippen LogP contribution in [0.5, 0.6) is 11.5 Å². The topological polar surface area (TPSA) is 77.8 Å². The zero-order chi connectivity index (χ0) is 20.4. The third-order valence-corrected chi connectivity index (χ3v) is 4.66. The van der Waals surface area contributed by atoms with E-state index in [0.29, 0.717) is 44.1 Å². The van der Waals surface area contributed by atoms with Gasteiger partial charge in [0.15, 0.2) is 12.2 Å². The summed E-state index contributed by atoms with van der Waals surface area (Å²) in [5.41, 5.74) is 0.960. The number of para-hydroxylation sites is 1. The van der Waals surface area contributed by atoms with Gasteiger partial charge in [-0.25, -0.2) is 0 Å². The third-order valence-electron chi connectivity index (χ3n) is 4.36. The number of hydrogen-bond donors (Lipinski definition) is 1. The van der Waals surface area contributed by atoms with E-state index in [1.165, 1.54) is 0 Å². The number of methoxy groups -OCH3 is 1. The molecule has 3 aromatic carbocycles. The summed E-state index contributed by atoms with van der Waals surface area (Å²) in [5, 5.41) is 3.90. The molecule has 1 amide bonds. The number of benzene rings is 3. The first kappa shape index (κ1) is 18.8. The Morgan fingerprint density at radius 2 is 1.79 bits per heavy atom. The van der Waals surface area contributed by atoms with E-state index >= 15 is 0 Å². The van der Waals surface area contributed by atoms with Gasteiger partial charge in [0.2, 0.25) is 5.43 Å². The minimum Gasteiger partial charge on any atom is -0.497 e. The van der Waals surface area contributed by atoms with Crippen LogP contribution in [0.1, 0.15) is 0 Å². The van der Waals surface area contributed by atoms with Crippen LogP contribution in [0.3, 0.4) is 0 Å². The lowest BCUT2D eigenvalue weighted by Gasteiger charge is -2.09. The minimum absolute atomic E-state index is 0.169. The van der Waals surface area contributed by atoms with Crippen LogP contribution in [-0.4, -0.2) is 19.6 Å². The van der Waals surface area contributed by atoms with Gasteiger partial charge in [-0.3, -0.25) is 9.59 Å². The van der Waals surface area contributed by atoms with Crippen molar-refractivity contribution in [3.05, 3.63) is 75.9 Å². The average molecular weight is 410 g/mol. The van der Waals surface area contributed by atoms with Crippen LogP contribution < -0.4 is 20.2 Å². The number of hydrogen-bond acceptors (Lipinski definition) is 5. The number of nitrogens with one attached hydrogen (secondary N) is 1. The lowest BCUT2D eigenvalue weighted by atomic mass is 10.1. The van der Waals surface area contributed by atoms with Crippen LogP contribution in [0.25, 0.3) is 21.9 Å². The predicted octanol–water partition coefficient (Wildman–Crippen LogP) is 4.63. The highest BCUT2D eigenvalue weighted by molar-refractivity contribution is 6.34. The molecule has 0 atom stereocenters. The van der Waals surface area contributed by atoms with E-state index in [4.69, 9.17) is 25.5 Å². The Kier molecular flexibility index (Phi) is 5.10. The summed E-state index contributed by atoms with van der Waals surface area (Å²) >= 11 is 6.15. The zero-order valence-corrected chi connectivity index (χ0v) is 16.2. The molecule has 0 bridgehead atoms. The molecule has 0 saturated heterocycles. The SMILES string of the molecule is COc1ccc(OCC(=O)Nc2ccc3c(=O)c4cccc(Cl)c4oc3c2)cc1. The smallest absolute Gasteiger partial charge is 0.262 e. The summed E-state index contributed by atoms with van der Waals surface area (Å²) in [5.74, 6) is 0.903. The van der Waals surface area contributed by atoms with Crippen molar-refractivity contribution in [2.75, 3.05) is 19.0 Å². The van der Waals surface area contributed by atoms with Crippen molar-refractivity contribution in [1.82, 2.24) is 0 Å². The molecular formula is C22H16ClNO5. The molecule has 1 N–H and O–H groups in total. The summed E-state index contributed by atoms with van der Waals surface area (Å²) < 4.78 is 16.3. The summed E-state index contributed by atoms with van der Waals surface area (Å²) in [4.78, 5) is 24.8. The Hall–Kier alpha value is -3.51. The molecule has 0 radical (unpaired) electrons. The molecule has 0 unspecified atom stereocenters. The second-order valence-corrected chi connectivity index (χ2v) is 6.68. The van der Waals surface area contributed by atoms with Crippen molar-refractivity contribution < 1.29 is 18.7 Å². The molecule has 0 fully saturated rings. The Morgan fingerprint density at radius 1 is 1.03 bits per heavy atom. The molecule has 6 nitrogen and oxygen atoms in total. The molecule has 1 heterocycles. The van der Waals surface area contributed by atoms with Crippen molar-refractivity contribution in [2.45, 2.75) is 0 Å². The van der Waals surface area contributed by atoms with Crippen molar-refractivity contribution in [1.29, 1.82) is 0 Å². The van der Waals surface area contributed by atoms with Gasteiger partial charge in [-0.05, 0) is 48.5 Å². The lowest BCUT2D eigenvalue weighted by Crippen LogP contribution is -2.20. The predicted molar refractivity (Wildman–Crippen MR) is 112 cm³/mol. The number of ether oxygens (including phenoxy) is 2. The average Bonchev–Trinajstić information content (AvgIpc) is 2.73. The van der Waals surface area contributed by atoms with Gasteiger partial charge in [-0.2, -0.15) is 0 Å². The number of anilines is 1. The van der Waals surface area contributed by atoms with Gasteiger partial charge in [0.05, 0.1) is 22.9 Å². The van der Waals surface area contributed by atoms with Crippen molar-refractivity contribution in [3.63, 3.8) is 0 Å². The Morgan fingerprint density at radius 3 is 2.55 bits per heavy atom. The second-order valence-electron chi connectivity index (χ2n) is 6.27. The van der Waals surface area contributed by atoms with E-state index < -0.39 is 0 Å². The van der Waals surface area contributed by atoms with Crippen LogP contribution in [0.15, 0.2) is 69.9 Å². The first-order chi connectivity index (χ1) is 14.0. The Labute approximate surface area is 170 Å². The van der Waals surface area contributed by atoms with E-state index in [1.807, 2.05) is 0 Å². The maximum absolute atomic E-state index is 12.6. The van der Waals surface area contributed by atoms with E-state index in [9.17, 15) is 9.59 Å². The molecule has 0 aliphatic rings. The fraction of sp³-hybridized carbons (Fsp3) is 0.0909. The maximum atomic E-state index is 12.6. The van der Waals surface area contributed by atoms with Gasteiger partial charge in [0, 0.05) is 11.8 Å². The largest absolute Gasteiger partial charge is 0.497 e. The van der Waals surface area contributed by atoms with E-state index in [0.717, 1.165) is 0 Å². The third kappa shape index (κ3) is 3.88. The van der Waals surface area contributed by atoms with Gasteiger partial charge in [-0.1, -0.05) is 17.7 Å². The Bertz CT molecular complexity index is 1260. The van der Waals surface area contributed by atoms with Crippen molar-refractivity contribution in [2.24, 2.45) is 0 Å². The van der Waals surface area contributed by atoms with Crippen LogP contribution >= 0.6 is 11.6 Å². The highest BCUT2D eigenvalue weighted by Crippen LogP contribution is 2.26. The molecule has 0 spiro atoms. The van der Waals surface area contributed by atoms with E-state index in [2.05, 4.69) is 5.32 Å². The molecule has 1 aromatic heterocycles. The molecule has 4 rings (SSSR count). The molecule has 146 valence electrons. The van der Waals surface area contributed by atoms with Crippen LogP contribution in [-0.2, 0) is 4.79 Å². The number of fused-ring (bicyclic) bond motifs is 2. The first-order valence-electron chi connectivity index (χ1n) is 8.77. The normalized spacial score (nSPS) is 10.8. The van der Waals surface area contributed by atoms with Crippen LogP contribution in [0.2, 0.25) is 5.02 Å². The molecule has 7 heteroatoms. The fourth-order valence-electron chi connectivity index (χ4n) is 2.94. The molecule has 4 aromatic rings. The first-order valence-corrected chi connectivity index (χ1v) is 9.15. The van der Waals surface area contributed by atoms with Crippen molar-refractivity contribution in [3.8, 4) is 11.5 Å². The molecule has 0 aliphatic carbocycles. The monoisotopic (exact) mass is 409 g/mol. The summed E-state index contributed by atoms with van der Waals surface area (Å²) in [7, 11) is 1.58. The van der Waals surface area contributed by atoms with Gasteiger partial charge < -0.3 is 19.2 Å². The highest BCUT2D eigenvalue weighted by Gasteiger charge is 2.12. The minimum atomic E-state index is -0.346. The van der Waals surface area contributed by atoms with Crippen LogP contribution in [0, 0.1) is 0 Å². The number of carbonyl (C=O) groups is 1. The van der Waals surface area contributed by atoms with Crippen LogP contribution in [0.4, 0.5) is 5.69 Å². The van der Waals surface area contributed by atoms with Crippen molar-refractivity contribution >= 4 is 45.1 Å². The van der Waals surface area contributed by atoms with Gasteiger partial charge in [0.1, 0.15) is 17.1 Å². The van der Waals surface area contributed by atoms with Gasteiger partial charge in [0.25, 0.3) is 5.91 Å². The molecule has 0 aliphatic heterocycles. The zero-order valence-electron chi connectivity index (χ0n) is 15.4. The Balaban J connectivity index is 1.53.